The highest BCUT2D eigenvalue weighted by atomic mass is 32.2. The zero-order valence-electron chi connectivity index (χ0n) is 8.93. The van der Waals surface area contributed by atoms with Crippen molar-refractivity contribution in [1.29, 1.82) is 0 Å². The van der Waals surface area contributed by atoms with Crippen molar-refractivity contribution in [2.75, 3.05) is 18.1 Å². The third kappa shape index (κ3) is 2.54. The summed E-state index contributed by atoms with van der Waals surface area (Å²) in [4.78, 5) is 0. The van der Waals surface area contributed by atoms with Gasteiger partial charge in [-0.3, -0.25) is 0 Å². The van der Waals surface area contributed by atoms with E-state index in [4.69, 9.17) is 10.5 Å². The number of nitrogens with two attached hydrogens (primary N) is 1. The number of rotatable bonds is 4. The average molecular weight is 241 g/mol. The van der Waals surface area contributed by atoms with Crippen LogP contribution in [0.4, 0.5) is 0 Å². The summed E-state index contributed by atoms with van der Waals surface area (Å²) in [7, 11) is -2.83. The first kappa shape index (κ1) is 11.4. The lowest BCUT2D eigenvalue weighted by Crippen LogP contribution is -2.45. The minimum atomic E-state index is -2.83. The van der Waals surface area contributed by atoms with E-state index in [2.05, 4.69) is 0 Å². The fourth-order valence-electron chi connectivity index (χ4n) is 1.75. The van der Waals surface area contributed by atoms with E-state index >= 15 is 0 Å². The fraction of sp³-hybridized carbons (Fsp3) is 0.455. The molecule has 1 saturated heterocycles. The molecule has 1 heterocycles. The topological polar surface area (TPSA) is 69.4 Å². The maximum atomic E-state index is 11.0. The van der Waals surface area contributed by atoms with Crippen LogP contribution in [0.2, 0.25) is 0 Å². The van der Waals surface area contributed by atoms with Gasteiger partial charge in [-0.1, -0.05) is 18.2 Å². The van der Waals surface area contributed by atoms with E-state index < -0.39 is 9.84 Å². The van der Waals surface area contributed by atoms with Crippen LogP contribution < -0.4 is 10.5 Å². The molecule has 1 aliphatic heterocycles. The van der Waals surface area contributed by atoms with Crippen LogP contribution in [0.5, 0.6) is 5.75 Å². The van der Waals surface area contributed by atoms with Gasteiger partial charge >= 0.3 is 0 Å². The molecule has 16 heavy (non-hydrogen) atoms. The predicted molar refractivity (Wildman–Crippen MR) is 62.3 cm³/mol. The van der Waals surface area contributed by atoms with Crippen LogP contribution in [-0.4, -0.2) is 32.6 Å². The molecular weight excluding hydrogens is 226 g/mol. The summed E-state index contributed by atoms with van der Waals surface area (Å²) in [5, 5.41) is 0. The molecule has 1 fully saturated rings. The van der Waals surface area contributed by atoms with Gasteiger partial charge in [0.2, 0.25) is 0 Å². The van der Waals surface area contributed by atoms with E-state index in [0.29, 0.717) is 6.54 Å². The lowest BCUT2D eigenvalue weighted by molar-refractivity contribution is 0.228. The second-order valence-electron chi connectivity index (χ2n) is 3.96. The largest absolute Gasteiger partial charge is 0.488 e. The number of benzene rings is 1. The second-order valence-corrected chi connectivity index (χ2v) is 6.12. The van der Waals surface area contributed by atoms with E-state index in [9.17, 15) is 8.42 Å². The van der Waals surface area contributed by atoms with Gasteiger partial charge in [0.1, 0.15) is 11.9 Å². The molecule has 2 rings (SSSR count). The smallest absolute Gasteiger partial charge is 0.157 e. The zero-order chi connectivity index (χ0) is 11.6. The highest BCUT2D eigenvalue weighted by molar-refractivity contribution is 7.92. The van der Waals surface area contributed by atoms with Crippen LogP contribution >= 0.6 is 0 Å². The molecule has 88 valence electrons. The fourth-order valence-corrected chi connectivity index (χ4v) is 2.92. The molecule has 2 N–H and O–H groups in total. The lowest BCUT2D eigenvalue weighted by Gasteiger charge is -2.27. The first-order valence-corrected chi connectivity index (χ1v) is 7.08. The van der Waals surface area contributed by atoms with Crippen LogP contribution in [0.3, 0.4) is 0 Å². The van der Waals surface area contributed by atoms with E-state index in [1.807, 2.05) is 24.3 Å². The van der Waals surface area contributed by atoms with Gasteiger partial charge < -0.3 is 10.5 Å². The lowest BCUT2D eigenvalue weighted by atomic mass is 10.1. The minimum Gasteiger partial charge on any atom is -0.488 e. The maximum absolute atomic E-state index is 11.0. The van der Waals surface area contributed by atoms with Gasteiger partial charge in [0, 0.05) is 0 Å². The number of hydrogen-bond donors (Lipinski definition) is 1. The van der Waals surface area contributed by atoms with Crippen molar-refractivity contribution in [3.63, 3.8) is 0 Å². The third-order valence-electron chi connectivity index (χ3n) is 2.56. The van der Waals surface area contributed by atoms with Gasteiger partial charge in [0.25, 0.3) is 0 Å². The monoisotopic (exact) mass is 241 g/mol. The molecule has 1 aromatic rings. The Labute approximate surface area is 95.3 Å². The Morgan fingerprint density at radius 1 is 1.31 bits per heavy atom. The normalized spacial score (nSPS) is 19.1. The van der Waals surface area contributed by atoms with E-state index in [0.717, 1.165) is 17.7 Å². The molecule has 0 aliphatic carbocycles. The Morgan fingerprint density at radius 3 is 2.62 bits per heavy atom. The van der Waals surface area contributed by atoms with Crippen molar-refractivity contribution in [3.8, 4) is 5.75 Å². The predicted octanol–water partition coefficient (Wildman–Crippen LogP) is 0.364. The van der Waals surface area contributed by atoms with Gasteiger partial charge in [-0.15, -0.1) is 0 Å². The molecule has 0 unspecified atom stereocenters. The van der Waals surface area contributed by atoms with E-state index in [-0.39, 0.29) is 17.6 Å². The standard InChI is InChI=1S/C11H15NO3S/c12-6-5-9-3-1-2-4-11(9)15-10-7-16(13,14)8-10/h1-4,10H,5-8,12H2. The Bertz CT molecular complexity index is 458. The Balaban J connectivity index is 2.04. The van der Waals surface area contributed by atoms with Gasteiger partial charge in [-0.25, -0.2) is 8.42 Å². The Hall–Kier alpha value is -1.07. The summed E-state index contributed by atoms with van der Waals surface area (Å²) in [6, 6.07) is 7.61. The molecule has 0 aromatic heterocycles. The summed E-state index contributed by atoms with van der Waals surface area (Å²) >= 11 is 0. The number of hydrogen-bond acceptors (Lipinski definition) is 4. The molecule has 0 spiro atoms. The molecular formula is C11H15NO3S. The molecule has 1 aromatic carbocycles. The van der Waals surface area contributed by atoms with Gasteiger partial charge in [0.15, 0.2) is 9.84 Å². The highest BCUT2D eigenvalue weighted by Gasteiger charge is 2.35. The molecule has 0 radical (unpaired) electrons. The van der Waals surface area contributed by atoms with Crippen LogP contribution in [-0.2, 0) is 16.3 Å². The summed E-state index contributed by atoms with van der Waals surface area (Å²) in [6.07, 6.45) is 0.555. The average Bonchev–Trinajstić information content (AvgIpc) is 2.18. The van der Waals surface area contributed by atoms with Crippen LogP contribution in [0.15, 0.2) is 24.3 Å². The van der Waals surface area contributed by atoms with Crippen molar-refractivity contribution in [1.82, 2.24) is 0 Å². The summed E-state index contributed by atoms with van der Waals surface area (Å²) in [5.41, 5.74) is 6.53. The minimum absolute atomic E-state index is 0.129. The second kappa shape index (κ2) is 4.43. The van der Waals surface area contributed by atoms with E-state index in [1.54, 1.807) is 0 Å². The molecule has 4 nitrogen and oxygen atoms in total. The maximum Gasteiger partial charge on any atom is 0.157 e. The Kier molecular flexibility index (Phi) is 3.16. The van der Waals surface area contributed by atoms with Crippen LogP contribution in [0, 0.1) is 0 Å². The number of sulfone groups is 1. The Morgan fingerprint density at radius 2 is 2.00 bits per heavy atom. The third-order valence-corrected chi connectivity index (χ3v) is 4.32. The molecule has 0 bridgehead atoms. The van der Waals surface area contributed by atoms with Crippen LogP contribution in [0.1, 0.15) is 5.56 Å². The van der Waals surface area contributed by atoms with Crippen molar-refractivity contribution >= 4 is 9.84 Å². The van der Waals surface area contributed by atoms with Crippen molar-refractivity contribution in [3.05, 3.63) is 29.8 Å². The highest BCUT2D eigenvalue weighted by Crippen LogP contribution is 2.23. The number of para-hydroxylation sites is 1. The summed E-state index contributed by atoms with van der Waals surface area (Å²) in [5.74, 6) is 1.02. The quantitative estimate of drug-likeness (QED) is 0.826. The first-order valence-electron chi connectivity index (χ1n) is 5.26. The molecule has 0 saturated carbocycles. The molecule has 0 atom stereocenters. The summed E-state index contributed by atoms with van der Waals surface area (Å²) in [6.45, 7) is 0.559. The molecule has 5 heteroatoms. The van der Waals surface area contributed by atoms with E-state index in [1.165, 1.54) is 0 Å². The molecule has 1 aliphatic rings. The summed E-state index contributed by atoms with van der Waals surface area (Å²) < 4.78 is 27.6. The SMILES string of the molecule is NCCc1ccccc1OC1CS(=O)(=O)C1. The van der Waals surface area contributed by atoms with Crippen LogP contribution in [0.25, 0.3) is 0 Å². The van der Waals surface area contributed by atoms with Gasteiger partial charge in [-0.05, 0) is 24.6 Å². The first-order chi connectivity index (χ1) is 7.61. The van der Waals surface area contributed by atoms with Crippen molar-refractivity contribution in [2.24, 2.45) is 5.73 Å². The van der Waals surface area contributed by atoms with Gasteiger partial charge in [0.05, 0.1) is 11.5 Å². The van der Waals surface area contributed by atoms with Crippen molar-refractivity contribution in [2.45, 2.75) is 12.5 Å². The molecule has 0 amide bonds. The van der Waals surface area contributed by atoms with Gasteiger partial charge in [-0.2, -0.15) is 0 Å². The van der Waals surface area contributed by atoms with Crippen molar-refractivity contribution < 1.29 is 13.2 Å². The number of ether oxygens (including phenoxy) is 1. The zero-order valence-corrected chi connectivity index (χ0v) is 9.74.